The van der Waals surface area contributed by atoms with E-state index in [1.165, 1.54) is 33.4 Å². The van der Waals surface area contributed by atoms with E-state index < -0.39 is 0 Å². The molecule has 0 radical (unpaired) electrons. The number of fused-ring (bicyclic) bond motifs is 6. The molecule has 1 unspecified atom stereocenters. The minimum atomic E-state index is 0.384. The van der Waals surface area contributed by atoms with Crippen molar-refractivity contribution in [1.82, 2.24) is 15.0 Å². The molecule has 0 N–H and O–H groups in total. The highest BCUT2D eigenvalue weighted by Gasteiger charge is 2.33. The number of rotatable bonds is 4. The van der Waals surface area contributed by atoms with Crippen molar-refractivity contribution < 1.29 is 4.42 Å². The first-order valence-corrected chi connectivity index (χ1v) is 16.1. The molecule has 4 heteroatoms. The van der Waals surface area contributed by atoms with Crippen molar-refractivity contribution in [2.24, 2.45) is 0 Å². The predicted octanol–water partition coefficient (Wildman–Crippen LogP) is 11.0. The van der Waals surface area contributed by atoms with Gasteiger partial charge in [-0.3, -0.25) is 0 Å². The summed E-state index contributed by atoms with van der Waals surface area (Å²) in [5.41, 5.74) is 13.7. The second-order valence-electron chi connectivity index (χ2n) is 12.3. The summed E-state index contributed by atoms with van der Waals surface area (Å²) in [5.74, 6) is 2.28. The zero-order valence-electron chi connectivity index (χ0n) is 25.4. The summed E-state index contributed by atoms with van der Waals surface area (Å²) >= 11 is 0. The standard InChI is InChI=1S/C43H27N3O/c1-3-12-26(13-4-1)41-44-42(27-14-5-2-6-15-27)46-43(45-41)35-21-11-23-37-40(35)39-33(20-10-22-36(39)47-37)30-24-25-34-29-17-8-7-16-28(29)31-18-9-19-32(30)38(31)34/h1-17,19-25,31H,18H2. The number of hydrogen-bond donors (Lipinski definition) is 0. The van der Waals surface area contributed by atoms with Gasteiger partial charge >= 0.3 is 0 Å². The van der Waals surface area contributed by atoms with E-state index in [0.29, 0.717) is 23.4 Å². The quantitative estimate of drug-likeness (QED) is 0.201. The zero-order chi connectivity index (χ0) is 30.9. The summed E-state index contributed by atoms with van der Waals surface area (Å²) in [6.07, 6.45) is 5.68. The summed E-state index contributed by atoms with van der Waals surface area (Å²) in [4.78, 5) is 15.1. The Kier molecular flexibility index (Phi) is 5.67. The van der Waals surface area contributed by atoms with Gasteiger partial charge in [-0.25, -0.2) is 15.0 Å². The molecule has 2 aliphatic carbocycles. The fourth-order valence-electron chi connectivity index (χ4n) is 7.64. The molecule has 0 saturated heterocycles. The Balaban J connectivity index is 1.23. The fraction of sp³-hybridized carbons (Fsp3) is 0.0465. The molecule has 0 amide bonds. The molecule has 1 atom stereocenters. The second kappa shape index (κ2) is 10.2. The highest BCUT2D eigenvalue weighted by Crippen LogP contribution is 2.53. The van der Waals surface area contributed by atoms with E-state index in [9.17, 15) is 0 Å². The minimum absolute atomic E-state index is 0.384. The normalized spacial score (nSPS) is 14.4. The number of benzene rings is 6. The van der Waals surface area contributed by atoms with Crippen molar-refractivity contribution in [3.05, 3.63) is 156 Å². The molecule has 2 aromatic heterocycles. The lowest BCUT2D eigenvalue weighted by molar-refractivity contribution is 0.669. The molecule has 4 nitrogen and oxygen atoms in total. The lowest BCUT2D eigenvalue weighted by Gasteiger charge is -2.21. The van der Waals surface area contributed by atoms with E-state index in [1.54, 1.807) is 0 Å². The molecule has 10 rings (SSSR count). The molecular weight excluding hydrogens is 574 g/mol. The van der Waals surface area contributed by atoms with Crippen LogP contribution in [0.25, 0.3) is 84.4 Å². The molecule has 0 fully saturated rings. The maximum atomic E-state index is 6.57. The Morgan fingerprint density at radius 2 is 1.04 bits per heavy atom. The Morgan fingerprint density at radius 3 is 1.77 bits per heavy atom. The van der Waals surface area contributed by atoms with Crippen molar-refractivity contribution in [2.75, 3.05) is 0 Å². The van der Waals surface area contributed by atoms with E-state index in [2.05, 4.69) is 72.8 Å². The topological polar surface area (TPSA) is 51.8 Å². The van der Waals surface area contributed by atoms with Gasteiger partial charge in [0.2, 0.25) is 0 Å². The maximum absolute atomic E-state index is 6.57. The van der Waals surface area contributed by atoms with Crippen LogP contribution < -0.4 is 0 Å². The Hall–Kier alpha value is -6.13. The molecule has 8 aromatic rings. The summed E-state index contributed by atoms with van der Waals surface area (Å²) in [6.45, 7) is 0. The summed E-state index contributed by atoms with van der Waals surface area (Å²) < 4.78 is 6.57. The Labute approximate surface area is 271 Å². The Morgan fingerprint density at radius 1 is 0.468 bits per heavy atom. The lowest BCUT2D eigenvalue weighted by atomic mass is 9.82. The molecule has 0 saturated carbocycles. The van der Waals surface area contributed by atoms with Crippen LogP contribution in [0.4, 0.5) is 0 Å². The van der Waals surface area contributed by atoms with Gasteiger partial charge in [0, 0.05) is 33.4 Å². The summed E-state index contributed by atoms with van der Waals surface area (Å²) in [6, 6.07) is 46.3. The van der Waals surface area contributed by atoms with E-state index >= 15 is 0 Å². The van der Waals surface area contributed by atoms with Crippen molar-refractivity contribution in [1.29, 1.82) is 0 Å². The van der Waals surface area contributed by atoms with Gasteiger partial charge in [0.1, 0.15) is 11.2 Å². The van der Waals surface area contributed by atoms with Gasteiger partial charge in [-0.2, -0.15) is 0 Å². The number of hydrogen-bond acceptors (Lipinski definition) is 4. The summed E-state index contributed by atoms with van der Waals surface area (Å²) in [5, 5.41) is 2.08. The van der Waals surface area contributed by atoms with Crippen LogP contribution in [-0.4, -0.2) is 15.0 Å². The third-order valence-electron chi connectivity index (χ3n) is 9.67. The average molecular weight is 602 g/mol. The van der Waals surface area contributed by atoms with Crippen molar-refractivity contribution in [2.45, 2.75) is 12.3 Å². The van der Waals surface area contributed by atoms with Crippen LogP contribution in [0.15, 0.2) is 144 Å². The van der Waals surface area contributed by atoms with Crippen molar-refractivity contribution in [3.63, 3.8) is 0 Å². The first-order chi connectivity index (χ1) is 23.3. The van der Waals surface area contributed by atoms with Gasteiger partial charge in [0.15, 0.2) is 17.5 Å². The molecule has 2 heterocycles. The second-order valence-corrected chi connectivity index (χ2v) is 12.3. The third-order valence-corrected chi connectivity index (χ3v) is 9.67. The van der Waals surface area contributed by atoms with Crippen LogP contribution in [-0.2, 0) is 0 Å². The monoisotopic (exact) mass is 601 g/mol. The largest absolute Gasteiger partial charge is 0.456 e. The predicted molar refractivity (Wildman–Crippen MR) is 190 cm³/mol. The molecule has 2 aliphatic rings. The fourth-order valence-corrected chi connectivity index (χ4v) is 7.64. The molecule has 0 aliphatic heterocycles. The number of furan rings is 1. The zero-order valence-corrected chi connectivity index (χ0v) is 25.4. The van der Waals surface area contributed by atoms with Crippen LogP contribution >= 0.6 is 0 Å². The van der Waals surface area contributed by atoms with Gasteiger partial charge in [-0.15, -0.1) is 0 Å². The van der Waals surface area contributed by atoms with E-state index in [-0.39, 0.29) is 0 Å². The van der Waals surface area contributed by atoms with Gasteiger partial charge < -0.3 is 4.42 Å². The van der Waals surface area contributed by atoms with Crippen molar-refractivity contribution in [3.8, 4) is 56.4 Å². The SMILES string of the molecule is C1=Cc2c(-c3cccc4oc5cccc(-c6nc(-c7ccccc7)nc(-c7ccccc7)n6)c5c34)ccc3c2C(C1)c1ccccc1-3. The van der Waals surface area contributed by atoms with Gasteiger partial charge in [0.05, 0.1) is 0 Å². The van der Waals surface area contributed by atoms with Crippen LogP contribution in [0.2, 0.25) is 0 Å². The average Bonchev–Trinajstić information content (AvgIpc) is 3.69. The highest BCUT2D eigenvalue weighted by atomic mass is 16.3. The first-order valence-electron chi connectivity index (χ1n) is 16.1. The lowest BCUT2D eigenvalue weighted by Crippen LogP contribution is -2.03. The van der Waals surface area contributed by atoms with E-state index in [1.807, 2.05) is 72.8 Å². The van der Waals surface area contributed by atoms with Crippen molar-refractivity contribution >= 4 is 28.0 Å². The van der Waals surface area contributed by atoms with E-state index in [0.717, 1.165) is 50.6 Å². The smallest absolute Gasteiger partial charge is 0.164 e. The summed E-state index contributed by atoms with van der Waals surface area (Å²) in [7, 11) is 0. The molecular formula is C43H27N3O. The van der Waals surface area contributed by atoms with Crippen LogP contribution in [0.3, 0.4) is 0 Å². The number of allylic oxidation sites excluding steroid dienone is 1. The van der Waals surface area contributed by atoms with Crippen LogP contribution in [0.5, 0.6) is 0 Å². The number of nitrogens with zero attached hydrogens (tertiary/aromatic N) is 3. The van der Waals surface area contributed by atoms with Gasteiger partial charge in [0.25, 0.3) is 0 Å². The van der Waals surface area contributed by atoms with Crippen LogP contribution in [0, 0.1) is 0 Å². The molecule has 6 aromatic carbocycles. The molecule has 47 heavy (non-hydrogen) atoms. The van der Waals surface area contributed by atoms with Gasteiger partial charge in [-0.1, -0.05) is 133 Å². The van der Waals surface area contributed by atoms with E-state index in [4.69, 9.17) is 19.4 Å². The maximum Gasteiger partial charge on any atom is 0.164 e. The molecule has 0 bridgehead atoms. The number of aromatic nitrogens is 3. The van der Waals surface area contributed by atoms with Gasteiger partial charge in [-0.05, 0) is 57.5 Å². The first kappa shape index (κ1) is 26.1. The minimum Gasteiger partial charge on any atom is -0.456 e. The Bertz CT molecular complexity index is 2490. The highest BCUT2D eigenvalue weighted by molar-refractivity contribution is 6.18. The van der Waals surface area contributed by atoms with Crippen LogP contribution in [0.1, 0.15) is 29.0 Å². The molecule has 220 valence electrons. The molecule has 0 spiro atoms. The third kappa shape index (κ3) is 3.98.